The lowest BCUT2D eigenvalue weighted by Crippen LogP contribution is -2.34. The van der Waals surface area contributed by atoms with Gasteiger partial charge in [-0.2, -0.15) is 5.10 Å². The number of thiazole rings is 1. The van der Waals surface area contributed by atoms with Crippen LogP contribution in [0.5, 0.6) is 0 Å². The SMILES string of the molecule is Cc1nc(-c2cnn(C)c2)sc1C(=O)NCC(C)(C)CCO. The number of amides is 1. The summed E-state index contributed by atoms with van der Waals surface area (Å²) in [5.41, 5.74) is 1.51. The van der Waals surface area contributed by atoms with Crippen LogP contribution < -0.4 is 5.32 Å². The van der Waals surface area contributed by atoms with Crippen molar-refractivity contribution in [2.45, 2.75) is 27.2 Å². The molecule has 0 aliphatic heterocycles. The lowest BCUT2D eigenvalue weighted by Gasteiger charge is -2.23. The number of nitrogens with one attached hydrogen (secondary N) is 1. The molecule has 0 aliphatic carbocycles. The standard InChI is InChI=1S/C15H22N4O2S/c1-10-12(13(21)16-9-15(2,3)5-6-20)22-14(18-10)11-7-17-19(4)8-11/h7-8,20H,5-6,9H2,1-4H3,(H,16,21). The maximum absolute atomic E-state index is 12.3. The fourth-order valence-electron chi connectivity index (χ4n) is 2.05. The molecule has 0 aromatic carbocycles. The second-order valence-electron chi connectivity index (χ2n) is 6.16. The van der Waals surface area contributed by atoms with E-state index in [9.17, 15) is 4.79 Å². The van der Waals surface area contributed by atoms with E-state index < -0.39 is 0 Å². The van der Waals surface area contributed by atoms with Crippen molar-refractivity contribution in [3.05, 3.63) is 23.0 Å². The van der Waals surface area contributed by atoms with E-state index in [1.165, 1.54) is 11.3 Å². The number of rotatable bonds is 6. The van der Waals surface area contributed by atoms with E-state index in [1.54, 1.807) is 10.9 Å². The second-order valence-corrected chi connectivity index (χ2v) is 7.16. The molecular formula is C15H22N4O2S. The van der Waals surface area contributed by atoms with E-state index in [0.717, 1.165) is 16.3 Å². The van der Waals surface area contributed by atoms with Crippen molar-refractivity contribution >= 4 is 17.2 Å². The zero-order chi connectivity index (χ0) is 16.3. The Morgan fingerprint density at radius 1 is 1.50 bits per heavy atom. The Kier molecular flexibility index (Phi) is 4.97. The van der Waals surface area contributed by atoms with Gasteiger partial charge in [0.25, 0.3) is 5.91 Å². The van der Waals surface area contributed by atoms with Gasteiger partial charge in [0.1, 0.15) is 9.88 Å². The van der Waals surface area contributed by atoms with Gasteiger partial charge in [-0.25, -0.2) is 4.98 Å². The smallest absolute Gasteiger partial charge is 0.263 e. The molecule has 0 spiro atoms. The van der Waals surface area contributed by atoms with Gasteiger partial charge in [0, 0.05) is 32.0 Å². The summed E-state index contributed by atoms with van der Waals surface area (Å²) in [6.07, 6.45) is 4.27. The molecule has 0 radical (unpaired) electrons. The molecule has 0 aliphatic rings. The Labute approximate surface area is 134 Å². The fourth-order valence-corrected chi connectivity index (χ4v) is 3.01. The van der Waals surface area contributed by atoms with Crippen molar-refractivity contribution in [1.82, 2.24) is 20.1 Å². The average Bonchev–Trinajstić information content (AvgIpc) is 3.02. The molecular weight excluding hydrogens is 300 g/mol. The summed E-state index contributed by atoms with van der Waals surface area (Å²) in [5.74, 6) is -0.115. The Morgan fingerprint density at radius 3 is 2.82 bits per heavy atom. The summed E-state index contributed by atoms with van der Waals surface area (Å²) in [5, 5.41) is 16.9. The molecule has 0 fully saturated rings. The zero-order valence-electron chi connectivity index (χ0n) is 13.4. The summed E-state index contributed by atoms with van der Waals surface area (Å²) < 4.78 is 1.71. The first-order valence-corrected chi connectivity index (χ1v) is 7.99. The predicted molar refractivity (Wildman–Crippen MR) is 86.9 cm³/mol. The number of carbonyl (C=O) groups is 1. The van der Waals surface area contributed by atoms with Gasteiger partial charge in [-0.1, -0.05) is 13.8 Å². The lowest BCUT2D eigenvalue weighted by atomic mass is 9.90. The molecule has 1 amide bonds. The van der Waals surface area contributed by atoms with Gasteiger partial charge in [0.2, 0.25) is 0 Å². The first-order valence-electron chi connectivity index (χ1n) is 7.18. The highest BCUT2D eigenvalue weighted by Gasteiger charge is 2.21. The van der Waals surface area contributed by atoms with Crippen molar-refractivity contribution in [2.75, 3.05) is 13.2 Å². The summed E-state index contributed by atoms with van der Waals surface area (Å²) in [6, 6.07) is 0. The van der Waals surface area contributed by atoms with Crippen LogP contribution in [0, 0.1) is 12.3 Å². The van der Waals surface area contributed by atoms with Crippen LogP contribution in [0.4, 0.5) is 0 Å². The van der Waals surface area contributed by atoms with Gasteiger partial charge < -0.3 is 10.4 Å². The third kappa shape index (κ3) is 3.92. The van der Waals surface area contributed by atoms with Crippen LogP contribution in [0.15, 0.2) is 12.4 Å². The summed E-state index contributed by atoms with van der Waals surface area (Å²) in [7, 11) is 1.85. The molecule has 2 rings (SSSR count). The number of hydrogen-bond acceptors (Lipinski definition) is 5. The molecule has 22 heavy (non-hydrogen) atoms. The van der Waals surface area contributed by atoms with Crippen LogP contribution in [0.25, 0.3) is 10.6 Å². The van der Waals surface area contributed by atoms with Crippen molar-refractivity contribution in [1.29, 1.82) is 0 Å². The molecule has 2 aromatic rings. The van der Waals surface area contributed by atoms with Gasteiger partial charge in [-0.15, -0.1) is 11.3 Å². The number of aliphatic hydroxyl groups is 1. The van der Waals surface area contributed by atoms with Crippen molar-refractivity contribution < 1.29 is 9.90 Å². The summed E-state index contributed by atoms with van der Waals surface area (Å²) >= 11 is 1.37. The van der Waals surface area contributed by atoms with E-state index in [2.05, 4.69) is 15.4 Å². The molecule has 0 saturated heterocycles. The highest BCUT2D eigenvalue weighted by atomic mass is 32.1. The molecule has 6 nitrogen and oxygen atoms in total. The monoisotopic (exact) mass is 322 g/mol. The second kappa shape index (κ2) is 6.58. The van der Waals surface area contributed by atoms with E-state index in [1.807, 2.05) is 34.0 Å². The summed E-state index contributed by atoms with van der Waals surface area (Å²) in [6.45, 7) is 6.51. The van der Waals surface area contributed by atoms with Crippen LogP contribution in [-0.2, 0) is 7.05 Å². The number of hydrogen-bond donors (Lipinski definition) is 2. The van der Waals surface area contributed by atoms with Gasteiger partial charge in [0.05, 0.1) is 11.9 Å². The van der Waals surface area contributed by atoms with Crippen LogP contribution in [0.2, 0.25) is 0 Å². The Balaban J connectivity index is 2.09. The fraction of sp³-hybridized carbons (Fsp3) is 0.533. The van der Waals surface area contributed by atoms with E-state index in [4.69, 9.17) is 5.11 Å². The van der Waals surface area contributed by atoms with Crippen molar-refractivity contribution in [3.63, 3.8) is 0 Å². The zero-order valence-corrected chi connectivity index (χ0v) is 14.2. The van der Waals surface area contributed by atoms with Crippen LogP contribution >= 0.6 is 11.3 Å². The van der Waals surface area contributed by atoms with Crippen LogP contribution in [0.3, 0.4) is 0 Å². The molecule has 0 unspecified atom stereocenters. The minimum absolute atomic E-state index is 0.115. The van der Waals surface area contributed by atoms with Crippen molar-refractivity contribution in [2.24, 2.45) is 12.5 Å². The largest absolute Gasteiger partial charge is 0.396 e. The Morgan fingerprint density at radius 2 is 2.23 bits per heavy atom. The first kappa shape index (κ1) is 16.6. The highest BCUT2D eigenvalue weighted by molar-refractivity contribution is 7.17. The number of nitrogens with zero attached hydrogens (tertiary/aromatic N) is 3. The Bertz CT molecular complexity index is 660. The highest BCUT2D eigenvalue weighted by Crippen LogP contribution is 2.27. The topological polar surface area (TPSA) is 80.0 Å². The number of carbonyl (C=O) groups excluding carboxylic acids is 1. The molecule has 7 heteroatoms. The molecule has 2 N–H and O–H groups in total. The van der Waals surface area contributed by atoms with Crippen molar-refractivity contribution in [3.8, 4) is 10.6 Å². The number of aromatic nitrogens is 3. The molecule has 2 heterocycles. The maximum Gasteiger partial charge on any atom is 0.263 e. The number of aliphatic hydroxyl groups excluding tert-OH is 1. The van der Waals surface area contributed by atoms with Gasteiger partial charge in [0.15, 0.2) is 0 Å². The third-order valence-electron chi connectivity index (χ3n) is 3.47. The van der Waals surface area contributed by atoms with E-state index >= 15 is 0 Å². The molecule has 2 aromatic heterocycles. The molecule has 0 saturated carbocycles. The maximum atomic E-state index is 12.3. The predicted octanol–water partition coefficient (Wildman–Crippen LogP) is 1.99. The van der Waals surface area contributed by atoms with Crippen LogP contribution in [0.1, 0.15) is 35.6 Å². The summed E-state index contributed by atoms with van der Waals surface area (Å²) in [4.78, 5) is 17.4. The van der Waals surface area contributed by atoms with E-state index in [0.29, 0.717) is 17.8 Å². The molecule has 120 valence electrons. The van der Waals surface area contributed by atoms with Crippen LogP contribution in [-0.4, -0.2) is 38.9 Å². The number of aryl methyl sites for hydroxylation is 2. The van der Waals surface area contributed by atoms with Gasteiger partial charge in [-0.05, 0) is 18.8 Å². The first-order chi connectivity index (χ1) is 10.3. The molecule has 0 bridgehead atoms. The normalized spacial score (nSPS) is 11.7. The quantitative estimate of drug-likeness (QED) is 0.852. The third-order valence-corrected chi connectivity index (χ3v) is 4.68. The Hall–Kier alpha value is -1.73. The van der Waals surface area contributed by atoms with Gasteiger partial charge >= 0.3 is 0 Å². The lowest BCUT2D eigenvalue weighted by molar-refractivity contribution is 0.0931. The van der Waals surface area contributed by atoms with E-state index in [-0.39, 0.29) is 17.9 Å². The average molecular weight is 322 g/mol. The minimum atomic E-state index is -0.130. The minimum Gasteiger partial charge on any atom is -0.396 e. The van der Waals surface area contributed by atoms with Gasteiger partial charge in [-0.3, -0.25) is 9.48 Å². The molecule has 0 atom stereocenters.